The van der Waals surface area contributed by atoms with Crippen LogP contribution in [0.2, 0.25) is 0 Å². The van der Waals surface area contributed by atoms with Gasteiger partial charge >= 0.3 is 0 Å². The van der Waals surface area contributed by atoms with Crippen molar-refractivity contribution in [1.29, 1.82) is 0 Å². The van der Waals surface area contributed by atoms with Gasteiger partial charge in [0.05, 0.1) is 0 Å². The van der Waals surface area contributed by atoms with E-state index in [1.54, 1.807) is 11.3 Å². The molecule has 4 heteroatoms. The summed E-state index contributed by atoms with van der Waals surface area (Å²) in [6.07, 6.45) is 5.95. The zero-order chi connectivity index (χ0) is 13.8. The lowest BCUT2D eigenvalue weighted by Crippen LogP contribution is -2.25. The number of aryl methyl sites for hydroxylation is 1. The van der Waals surface area contributed by atoms with E-state index in [9.17, 15) is 0 Å². The van der Waals surface area contributed by atoms with Crippen LogP contribution in [0.15, 0.2) is 30.3 Å². The van der Waals surface area contributed by atoms with Gasteiger partial charge in [0.1, 0.15) is 5.01 Å². The van der Waals surface area contributed by atoms with Crippen LogP contribution < -0.4 is 5.32 Å². The highest BCUT2D eigenvalue weighted by molar-refractivity contribution is 7.15. The molecule has 1 aliphatic rings. The molecule has 1 aliphatic carbocycles. The maximum atomic E-state index is 4.22. The van der Waals surface area contributed by atoms with Crippen molar-refractivity contribution in [2.75, 3.05) is 5.32 Å². The highest BCUT2D eigenvalue weighted by Gasteiger charge is 2.22. The third-order valence-electron chi connectivity index (χ3n) is 4.10. The molecular weight excluding hydrogens is 266 g/mol. The molecule has 2 aromatic rings. The van der Waals surface area contributed by atoms with Crippen molar-refractivity contribution in [2.24, 2.45) is 0 Å². The van der Waals surface area contributed by atoms with Crippen LogP contribution in [-0.2, 0) is 6.42 Å². The van der Waals surface area contributed by atoms with Crippen molar-refractivity contribution >= 4 is 16.5 Å². The van der Waals surface area contributed by atoms with Gasteiger partial charge in [-0.05, 0) is 43.6 Å². The standard InChI is InChI=1S/C16H21N3S/c1-2-15-18-19-16(20-15)17-14-10-8-13(9-11-14)12-6-4-3-5-7-12/h3-7,13-14H,2,8-11H2,1H3,(H,17,19). The van der Waals surface area contributed by atoms with Crippen LogP contribution in [-0.4, -0.2) is 16.2 Å². The highest BCUT2D eigenvalue weighted by atomic mass is 32.1. The van der Waals surface area contributed by atoms with Crippen LogP contribution in [0.3, 0.4) is 0 Å². The lowest BCUT2D eigenvalue weighted by Gasteiger charge is -2.29. The summed E-state index contributed by atoms with van der Waals surface area (Å²) < 4.78 is 0. The predicted molar refractivity (Wildman–Crippen MR) is 84.3 cm³/mol. The first-order chi connectivity index (χ1) is 9.85. The minimum Gasteiger partial charge on any atom is -0.357 e. The molecule has 0 bridgehead atoms. The molecule has 1 heterocycles. The molecule has 0 radical (unpaired) electrons. The summed E-state index contributed by atoms with van der Waals surface area (Å²) in [5.41, 5.74) is 1.50. The SMILES string of the molecule is CCc1nnc(NC2CCC(c3ccccc3)CC2)s1. The summed E-state index contributed by atoms with van der Waals surface area (Å²) in [6.45, 7) is 2.12. The number of nitrogens with zero attached hydrogens (tertiary/aromatic N) is 2. The summed E-state index contributed by atoms with van der Waals surface area (Å²) in [7, 11) is 0. The molecule has 0 atom stereocenters. The molecule has 0 unspecified atom stereocenters. The normalized spacial score (nSPS) is 22.6. The minimum absolute atomic E-state index is 0.563. The Balaban J connectivity index is 1.53. The van der Waals surface area contributed by atoms with E-state index in [1.165, 1.54) is 31.2 Å². The molecule has 1 aromatic heterocycles. The molecule has 0 spiro atoms. The van der Waals surface area contributed by atoms with E-state index < -0.39 is 0 Å². The fourth-order valence-corrected chi connectivity index (χ4v) is 3.68. The Labute approximate surface area is 124 Å². The van der Waals surface area contributed by atoms with E-state index >= 15 is 0 Å². The van der Waals surface area contributed by atoms with E-state index in [2.05, 4.69) is 52.8 Å². The molecule has 0 aliphatic heterocycles. The third-order valence-corrected chi connectivity index (χ3v) is 5.09. The molecule has 106 valence electrons. The largest absolute Gasteiger partial charge is 0.357 e. The fraction of sp³-hybridized carbons (Fsp3) is 0.500. The topological polar surface area (TPSA) is 37.8 Å². The molecule has 1 fully saturated rings. The Morgan fingerprint density at radius 1 is 1.10 bits per heavy atom. The van der Waals surface area contributed by atoms with Crippen LogP contribution >= 0.6 is 11.3 Å². The fourth-order valence-electron chi connectivity index (χ4n) is 2.93. The van der Waals surface area contributed by atoms with Crippen molar-refractivity contribution < 1.29 is 0 Å². The van der Waals surface area contributed by atoms with Gasteiger partial charge in [0.25, 0.3) is 0 Å². The molecule has 0 saturated heterocycles. The monoisotopic (exact) mass is 287 g/mol. The van der Waals surface area contributed by atoms with Gasteiger partial charge in [0.2, 0.25) is 5.13 Å². The van der Waals surface area contributed by atoms with Crippen LogP contribution in [0, 0.1) is 0 Å². The first-order valence-corrected chi connectivity index (χ1v) is 8.30. The number of benzene rings is 1. The van der Waals surface area contributed by atoms with Gasteiger partial charge in [-0.25, -0.2) is 0 Å². The molecule has 3 nitrogen and oxygen atoms in total. The molecule has 20 heavy (non-hydrogen) atoms. The van der Waals surface area contributed by atoms with Crippen LogP contribution in [0.4, 0.5) is 5.13 Å². The van der Waals surface area contributed by atoms with Crippen LogP contribution in [0.5, 0.6) is 0 Å². The van der Waals surface area contributed by atoms with Crippen molar-refractivity contribution in [3.05, 3.63) is 40.9 Å². The van der Waals surface area contributed by atoms with E-state index in [0.29, 0.717) is 6.04 Å². The van der Waals surface area contributed by atoms with E-state index in [4.69, 9.17) is 0 Å². The second-order valence-corrected chi connectivity index (χ2v) is 6.52. The summed E-state index contributed by atoms with van der Waals surface area (Å²) in [5, 5.41) is 14.0. The second kappa shape index (κ2) is 6.35. The zero-order valence-electron chi connectivity index (χ0n) is 11.9. The number of nitrogens with one attached hydrogen (secondary N) is 1. The van der Waals surface area contributed by atoms with Gasteiger partial charge in [-0.1, -0.05) is 48.6 Å². The number of anilines is 1. The predicted octanol–water partition coefficient (Wildman–Crippen LogP) is 4.24. The highest BCUT2D eigenvalue weighted by Crippen LogP contribution is 2.34. The number of hydrogen-bond donors (Lipinski definition) is 1. The molecule has 1 saturated carbocycles. The van der Waals surface area contributed by atoms with Crippen LogP contribution in [0.25, 0.3) is 0 Å². The number of aromatic nitrogens is 2. The molecule has 3 rings (SSSR count). The van der Waals surface area contributed by atoms with Gasteiger partial charge in [-0.3, -0.25) is 0 Å². The number of rotatable bonds is 4. The van der Waals surface area contributed by atoms with Crippen molar-refractivity contribution in [2.45, 2.75) is 51.0 Å². The lowest BCUT2D eigenvalue weighted by molar-refractivity contribution is 0.412. The van der Waals surface area contributed by atoms with E-state index in [0.717, 1.165) is 22.5 Å². The van der Waals surface area contributed by atoms with Gasteiger partial charge in [-0.15, -0.1) is 10.2 Å². The van der Waals surface area contributed by atoms with Crippen molar-refractivity contribution in [3.8, 4) is 0 Å². The second-order valence-electron chi connectivity index (χ2n) is 5.46. The minimum atomic E-state index is 0.563. The summed E-state index contributed by atoms with van der Waals surface area (Å²) in [4.78, 5) is 0. The van der Waals surface area contributed by atoms with Crippen molar-refractivity contribution in [1.82, 2.24) is 10.2 Å². The lowest BCUT2D eigenvalue weighted by atomic mass is 9.82. The van der Waals surface area contributed by atoms with E-state index in [-0.39, 0.29) is 0 Å². The summed E-state index contributed by atoms with van der Waals surface area (Å²) in [6, 6.07) is 11.5. The maximum absolute atomic E-state index is 4.22. The third kappa shape index (κ3) is 3.18. The average molecular weight is 287 g/mol. The van der Waals surface area contributed by atoms with Crippen molar-refractivity contribution in [3.63, 3.8) is 0 Å². The first kappa shape index (κ1) is 13.6. The van der Waals surface area contributed by atoms with Gasteiger partial charge < -0.3 is 5.32 Å². The molecular formula is C16H21N3S. The first-order valence-electron chi connectivity index (χ1n) is 7.49. The zero-order valence-corrected chi connectivity index (χ0v) is 12.7. The Morgan fingerprint density at radius 2 is 1.85 bits per heavy atom. The Kier molecular flexibility index (Phi) is 4.31. The average Bonchev–Trinajstić information content (AvgIpc) is 2.97. The number of hydrogen-bond acceptors (Lipinski definition) is 4. The van der Waals surface area contributed by atoms with Crippen LogP contribution in [0.1, 0.15) is 49.1 Å². The molecule has 0 amide bonds. The molecule has 1 N–H and O–H groups in total. The summed E-state index contributed by atoms with van der Waals surface area (Å²) >= 11 is 1.69. The summed E-state index contributed by atoms with van der Waals surface area (Å²) in [5.74, 6) is 0.731. The quantitative estimate of drug-likeness (QED) is 0.914. The van der Waals surface area contributed by atoms with E-state index in [1.807, 2.05) is 0 Å². The smallest absolute Gasteiger partial charge is 0.205 e. The maximum Gasteiger partial charge on any atom is 0.205 e. The van der Waals surface area contributed by atoms with Gasteiger partial charge in [0.15, 0.2) is 0 Å². The van der Waals surface area contributed by atoms with Gasteiger partial charge in [0, 0.05) is 6.04 Å². The Bertz CT molecular complexity index is 530. The molecule has 1 aromatic carbocycles. The Hall–Kier alpha value is -1.42. The van der Waals surface area contributed by atoms with Gasteiger partial charge in [-0.2, -0.15) is 0 Å². The Morgan fingerprint density at radius 3 is 2.50 bits per heavy atom.